The van der Waals surface area contributed by atoms with Crippen molar-refractivity contribution in [3.63, 3.8) is 0 Å². The van der Waals surface area contributed by atoms with E-state index in [1.807, 2.05) is 0 Å². The summed E-state index contributed by atoms with van der Waals surface area (Å²) in [5, 5.41) is 0. The van der Waals surface area contributed by atoms with E-state index in [-0.39, 0.29) is 18.8 Å². The minimum Gasteiger partial charge on any atom is -0.311 e. The van der Waals surface area contributed by atoms with Crippen LogP contribution in [0.15, 0.2) is 12.2 Å². The van der Waals surface area contributed by atoms with Crippen LogP contribution in [-0.4, -0.2) is 24.9 Å². The van der Waals surface area contributed by atoms with E-state index >= 15 is 0 Å². The zero-order valence-corrected chi connectivity index (χ0v) is 6.82. The number of carbonyl (C=O) groups excluding carboxylic acids is 1. The quantitative estimate of drug-likeness (QED) is 0.385. The van der Waals surface area contributed by atoms with Crippen molar-refractivity contribution >= 4 is 6.29 Å². The van der Waals surface area contributed by atoms with Crippen molar-refractivity contribution in [3.8, 4) is 0 Å². The van der Waals surface area contributed by atoms with Gasteiger partial charge in [-0.1, -0.05) is 6.58 Å². The molecule has 6 heteroatoms. The third-order valence-electron chi connectivity index (χ3n) is 1.12. The highest BCUT2D eigenvalue weighted by Gasteiger charge is 2.53. The Morgan fingerprint density at radius 2 is 1.92 bits per heavy atom. The number of halogens is 4. The van der Waals surface area contributed by atoms with Gasteiger partial charge in [0.05, 0.1) is 6.61 Å². The van der Waals surface area contributed by atoms with E-state index in [0.29, 0.717) is 0 Å². The largest absolute Gasteiger partial charge is 0.419 e. The number of rotatable bonds is 5. The van der Waals surface area contributed by atoms with Gasteiger partial charge < -0.3 is 4.74 Å². The topological polar surface area (TPSA) is 26.3 Å². The van der Waals surface area contributed by atoms with Crippen LogP contribution in [0.2, 0.25) is 0 Å². The summed E-state index contributed by atoms with van der Waals surface area (Å²) in [4.78, 5) is 9.86. The summed E-state index contributed by atoms with van der Waals surface area (Å²) in [6, 6.07) is 0. The predicted molar refractivity (Wildman–Crippen MR) is 36.7 cm³/mol. The molecule has 13 heavy (non-hydrogen) atoms. The first-order valence-corrected chi connectivity index (χ1v) is 3.23. The Balaban J connectivity index is 4.19. The number of alkyl halides is 4. The fraction of sp³-hybridized carbons (Fsp3) is 0.571. The number of carbonyl (C=O) groups is 1. The van der Waals surface area contributed by atoms with Gasteiger partial charge in [-0.3, -0.25) is 4.79 Å². The van der Waals surface area contributed by atoms with Crippen molar-refractivity contribution in [2.45, 2.75) is 19.0 Å². The van der Waals surface area contributed by atoms with E-state index in [2.05, 4.69) is 11.3 Å². The minimum atomic E-state index is -4.58. The highest BCUT2D eigenvalue weighted by Crippen LogP contribution is 2.34. The maximum absolute atomic E-state index is 12.3. The summed E-state index contributed by atoms with van der Waals surface area (Å²) in [5.74, 6) is -4.28. The number of aldehydes is 1. The first-order valence-electron chi connectivity index (χ1n) is 3.23. The molecule has 0 radical (unpaired) electrons. The van der Waals surface area contributed by atoms with Crippen LogP contribution in [-0.2, 0) is 9.53 Å². The van der Waals surface area contributed by atoms with Gasteiger partial charge in [-0.05, 0) is 0 Å². The van der Waals surface area contributed by atoms with Gasteiger partial charge in [0, 0.05) is 12.5 Å². The monoisotopic (exact) mass is 200 g/mol. The first kappa shape index (κ1) is 12.1. The predicted octanol–water partition coefficient (Wildman–Crippen LogP) is 2.01. The van der Waals surface area contributed by atoms with Crippen molar-refractivity contribution in [3.05, 3.63) is 12.2 Å². The van der Waals surface area contributed by atoms with Crippen molar-refractivity contribution in [1.29, 1.82) is 0 Å². The lowest BCUT2D eigenvalue weighted by Gasteiger charge is -2.22. The molecule has 0 aromatic carbocycles. The van der Waals surface area contributed by atoms with Crippen LogP contribution in [0, 0.1) is 0 Å². The summed E-state index contributed by atoms with van der Waals surface area (Å²) < 4.78 is 52.3. The molecule has 0 aliphatic heterocycles. The number of hydrogen-bond acceptors (Lipinski definition) is 2. The van der Waals surface area contributed by atoms with Crippen LogP contribution in [0.5, 0.6) is 0 Å². The Morgan fingerprint density at radius 3 is 2.23 bits per heavy atom. The Morgan fingerprint density at radius 1 is 1.46 bits per heavy atom. The summed E-state index contributed by atoms with van der Waals surface area (Å²) in [5.41, 5.74) is -0.330. The lowest BCUT2D eigenvalue weighted by molar-refractivity contribution is -0.337. The molecule has 0 aliphatic rings. The molecule has 76 valence electrons. The molecule has 0 unspecified atom stereocenters. The molecule has 0 saturated heterocycles. The highest BCUT2D eigenvalue weighted by atomic mass is 19.3. The molecule has 0 amide bonds. The van der Waals surface area contributed by atoms with E-state index in [0.717, 1.165) is 0 Å². The second-order valence-corrected chi connectivity index (χ2v) is 2.47. The molecule has 2 nitrogen and oxygen atoms in total. The lowest BCUT2D eigenvalue weighted by atomic mass is 10.3. The molecule has 0 aliphatic carbocycles. The van der Waals surface area contributed by atoms with Crippen molar-refractivity contribution in [2.75, 3.05) is 6.61 Å². The Kier molecular flexibility index (Phi) is 3.60. The van der Waals surface area contributed by atoms with E-state index in [1.54, 1.807) is 0 Å². The van der Waals surface area contributed by atoms with Gasteiger partial charge in [0.2, 0.25) is 0 Å². The minimum absolute atomic E-state index is 0.0245. The fourth-order valence-electron chi connectivity index (χ4n) is 0.344. The van der Waals surface area contributed by atoms with Crippen molar-refractivity contribution in [1.82, 2.24) is 0 Å². The Bertz CT molecular complexity index is 207. The standard InChI is InChI=1S/C7H8F4O2/c1-5(3-12)4-13-7(10,11)6(2,8)9/h3H,1,4H2,2H3. The average Bonchev–Trinajstić information content (AvgIpc) is 1.98. The van der Waals surface area contributed by atoms with Crippen LogP contribution in [0.3, 0.4) is 0 Å². The van der Waals surface area contributed by atoms with Gasteiger partial charge in [-0.15, -0.1) is 0 Å². The van der Waals surface area contributed by atoms with Gasteiger partial charge >= 0.3 is 12.0 Å². The molecule has 0 bridgehead atoms. The molecule has 0 atom stereocenters. The van der Waals surface area contributed by atoms with Crippen molar-refractivity contribution in [2.24, 2.45) is 0 Å². The number of ether oxygens (including phenoxy) is 1. The van der Waals surface area contributed by atoms with Crippen LogP contribution in [0.1, 0.15) is 6.92 Å². The fourth-order valence-corrected chi connectivity index (χ4v) is 0.344. The van der Waals surface area contributed by atoms with E-state index in [1.165, 1.54) is 0 Å². The molecule has 0 spiro atoms. The molecule has 0 N–H and O–H groups in total. The smallest absolute Gasteiger partial charge is 0.311 e. The zero-order valence-electron chi connectivity index (χ0n) is 6.82. The summed E-state index contributed by atoms with van der Waals surface area (Å²) in [7, 11) is 0. The third kappa shape index (κ3) is 3.54. The van der Waals surface area contributed by atoms with Gasteiger partial charge in [0.1, 0.15) is 6.29 Å². The van der Waals surface area contributed by atoms with Crippen molar-refractivity contribution < 1.29 is 27.1 Å². The SMILES string of the molecule is C=C(C=O)COC(F)(F)C(C)(F)F. The average molecular weight is 200 g/mol. The van der Waals surface area contributed by atoms with E-state index < -0.39 is 18.6 Å². The summed E-state index contributed by atoms with van der Waals surface area (Å²) >= 11 is 0. The normalized spacial score (nSPS) is 12.7. The van der Waals surface area contributed by atoms with E-state index in [9.17, 15) is 22.4 Å². The molecular weight excluding hydrogens is 192 g/mol. The highest BCUT2D eigenvalue weighted by molar-refractivity contribution is 5.72. The second kappa shape index (κ2) is 3.87. The third-order valence-corrected chi connectivity index (χ3v) is 1.12. The van der Waals surface area contributed by atoms with Gasteiger partial charge in [0.15, 0.2) is 0 Å². The molecule has 0 aromatic rings. The second-order valence-electron chi connectivity index (χ2n) is 2.47. The first-order chi connectivity index (χ1) is 5.70. The van der Waals surface area contributed by atoms with Crippen LogP contribution < -0.4 is 0 Å². The molecule has 0 rings (SSSR count). The van der Waals surface area contributed by atoms with Gasteiger partial charge in [-0.2, -0.15) is 17.6 Å². The van der Waals surface area contributed by atoms with Crippen LogP contribution in [0.25, 0.3) is 0 Å². The van der Waals surface area contributed by atoms with Crippen LogP contribution in [0.4, 0.5) is 17.6 Å². The summed E-state index contributed by atoms with van der Waals surface area (Å²) in [6.07, 6.45) is -4.43. The summed E-state index contributed by atoms with van der Waals surface area (Å²) in [6.45, 7) is 2.09. The lowest BCUT2D eigenvalue weighted by Crippen LogP contribution is -2.40. The zero-order chi connectivity index (χ0) is 10.7. The molecule has 0 heterocycles. The Hall–Kier alpha value is -0.910. The molecular formula is C7H8F4O2. The maximum Gasteiger partial charge on any atom is 0.419 e. The molecule has 0 aromatic heterocycles. The maximum atomic E-state index is 12.3. The van der Waals surface area contributed by atoms with Gasteiger partial charge in [-0.25, -0.2) is 0 Å². The van der Waals surface area contributed by atoms with Gasteiger partial charge in [0.25, 0.3) is 0 Å². The molecule has 0 fully saturated rings. The van der Waals surface area contributed by atoms with E-state index in [4.69, 9.17) is 0 Å². The number of hydrogen-bond donors (Lipinski definition) is 0. The Labute approximate surface area is 72.2 Å². The van der Waals surface area contributed by atoms with Crippen LogP contribution >= 0.6 is 0 Å². The molecule has 0 saturated carbocycles.